The lowest BCUT2D eigenvalue weighted by atomic mass is 9.82. The third-order valence-electron chi connectivity index (χ3n) is 4.02. The van der Waals surface area contributed by atoms with E-state index in [0.29, 0.717) is 12.4 Å². The van der Waals surface area contributed by atoms with Gasteiger partial charge in [-0.3, -0.25) is 9.69 Å². The zero-order chi connectivity index (χ0) is 15.0. The number of rotatable bonds is 2. The molecule has 4 heteroatoms. The van der Waals surface area contributed by atoms with Crippen LogP contribution in [-0.4, -0.2) is 21.4 Å². The number of aromatic nitrogens is 2. The van der Waals surface area contributed by atoms with Crippen molar-refractivity contribution in [3.05, 3.63) is 63.3 Å². The smallest absolute Gasteiger partial charge is 0.255 e. The van der Waals surface area contributed by atoms with E-state index in [-0.39, 0.29) is 11.0 Å². The van der Waals surface area contributed by atoms with E-state index in [9.17, 15) is 4.79 Å². The normalized spacial score (nSPS) is 17.5. The first kappa shape index (κ1) is 14.0. The van der Waals surface area contributed by atoms with Crippen LogP contribution in [0.25, 0.3) is 0 Å². The fraction of sp³-hybridized carbons (Fsp3) is 0.412. The van der Waals surface area contributed by atoms with Crippen LogP contribution in [0.4, 0.5) is 0 Å². The topological polar surface area (TPSA) is 49.0 Å². The van der Waals surface area contributed by atoms with Crippen molar-refractivity contribution in [2.24, 2.45) is 0 Å². The number of nitrogens with one attached hydrogen (secondary N) is 1. The summed E-state index contributed by atoms with van der Waals surface area (Å²) in [7, 11) is 0. The lowest BCUT2D eigenvalue weighted by Gasteiger charge is -2.38. The van der Waals surface area contributed by atoms with E-state index in [0.717, 1.165) is 24.3 Å². The Morgan fingerprint density at radius 1 is 1.29 bits per heavy atom. The number of aryl methyl sites for hydroxylation is 1. The molecule has 4 nitrogen and oxygen atoms in total. The predicted octanol–water partition coefficient (Wildman–Crippen LogP) is 2.37. The Bertz CT molecular complexity index is 704. The van der Waals surface area contributed by atoms with Crippen LogP contribution >= 0.6 is 0 Å². The largest absolute Gasteiger partial charge is 0.310 e. The quantitative estimate of drug-likeness (QED) is 0.920. The Balaban J connectivity index is 1.94. The van der Waals surface area contributed by atoms with Gasteiger partial charge in [0, 0.05) is 25.0 Å². The molecular weight excluding hydrogens is 262 g/mol. The lowest BCUT2D eigenvalue weighted by molar-refractivity contribution is 0.180. The number of hydrogen-bond acceptors (Lipinski definition) is 3. The van der Waals surface area contributed by atoms with Crippen LogP contribution in [-0.2, 0) is 18.5 Å². The zero-order valence-electron chi connectivity index (χ0n) is 12.8. The maximum absolute atomic E-state index is 12.2. The summed E-state index contributed by atoms with van der Waals surface area (Å²) in [6.45, 7) is 8.59. The molecule has 2 heterocycles. The second kappa shape index (κ2) is 5.11. The maximum atomic E-state index is 12.2. The van der Waals surface area contributed by atoms with Gasteiger partial charge in [0.2, 0.25) is 0 Å². The maximum Gasteiger partial charge on any atom is 0.255 e. The van der Waals surface area contributed by atoms with E-state index in [4.69, 9.17) is 0 Å². The molecule has 1 aliphatic rings. The summed E-state index contributed by atoms with van der Waals surface area (Å²) >= 11 is 0. The molecule has 2 aromatic rings. The summed E-state index contributed by atoms with van der Waals surface area (Å²) in [4.78, 5) is 22.0. The third kappa shape index (κ3) is 2.76. The summed E-state index contributed by atoms with van der Waals surface area (Å²) in [5.74, 6) is 0.698. The first-order chi connectivity index (χ1) is 9.95. The number of H-pyrrole nitrogens is 1. The molecule has 0 saturated carbocycles. The van der Waals surface area contributed by atoms with Crippen molar-refractivity contribution in [1.29, 1.82) is 0 Å². The van der Waals surface area contributed by atoms with Crippen LogP contribution in [0.3, 0.4) is 0 Å². The van der Waals surface area contributed by atoms with Gasteiger partial charge in [-0.25, -0.2) is 4.98 Å². The van der Waals surface area contributed by atoms with Crippen molar-refractivity contribution in [3.8, 4) is 0 Å². The fourth-order valence-electron chi connectivity index (χ4n) is 3.18. The molecule has 0 radical (unpaired) electrons. The molecule has 3 rings (SSSR count). The van der Waals surface area contributed by atoms with Gasteiger partial charge in [0.15, 0.2) is 0 Å². The highest BCUT2D eigenvalue weighted by Gasteiger charge is 2.34. The van der Waals surface area contributed by atoms with Crippen molar-refractivity contribution >= 4 is 0 Å². The van der Waals surface area contributed by atoms with Crippen molar-refractivity contribution in [3.63, 3.8) is 0 Å². The van der Waals surface area contributed by atoms with Gasteiger partial charge in [-0.15, -0.1) is 0 Å². The SMILES string of the molecule is Cc1nc2c(c(=O)[nH]1)CN(Cc1ccccc1)CC2(C)C. The Morgan fingerprint density at radius 3 is 2.71 bits per heavy atom. The highest BCUT2D eigenvalue weighted by atomic mass is 16.1. The van der Waals surface area contributed by atoms with Gasteiger partial charge >= 0.3 is 0 Å². The van der Waals surface area contributed by atoms with Crippen LogP contribution in [0.5, 0.6) is 0 Å². The molecule has 0 unspecified atom stereocenters. The minimum absolute atomic E-state index is 0.00309. The molecule has 1 N–H and O–H groups in total. The van der Waals surface area contributed by atoms with Crippen LogP contribution in [0.2, 0.25) is 0 Å². The summed E-state index contributed by atoms with van der Waals surface area (Å²) in [5.41, 5.74) is 2.93. The standard InChI is InChI=1S/C17H21N3O/c1-12-18-15-14(16(21)19-12)10-20(11-17(15,2)3)9-13-7-5-4-6-8-13/h4-8H,9-11H2,1-3H3,(H,18,19,21). The number of benzene rings is 1. The molecule has 0 amide bonds. The average Bonchev–Trinajstić information content (AvgIpc) is 2.41. The number of nitrogens with zero attached hydrogens (tertiary/aromatic N) is 2. The van der Waals surface area contributed by atoms with Gasteiger partial charge in [0.25, 0.3) is 5.56 Å². The molecule has 1 aromatic carbocycles. The molecule has 0 aliphatic carbocycles. The van der Waals surface area contributed by atoms with Crippen molar-refractivity contribution in [1.82, 2.24) is 14.9 Å². The van der Waals surface area contributed by atoms with E-state index >= 15 is 0 Å². The average molecular weight is 283 g/mol. The second-order valence-electron chi connectivity index (χ2n) is 6.49. The van der Waals surface area contributed by atoms with E-state index in [1.165, 1.54) is 5.56 Å². The van der Waals surface area contributed by atoms with Crippen molar-refractivity contribution in [2.45, 2.75) is 39.3 Å². The molecule has 1 aliphatic heterocycles. The van der Waals surface area contributed by atoms with E-state index in [2.05, 4.69) is 53.0 Å². The molecular formula is C17H21N3O. The van der Waals surface area contributed by atoms with Crippen LogP contribution in [0.15, 0.2) is 35.1 Å². The van der Waals surface area contributed by atoms with Gasteiger partial charge in [0.05, 0.1) is 11.3 Å². The summed E-state index contributed by atoms with van der Waals surface area (Å²) < 4.78 is 0. The Hall–Kier alpha value is -1.94. The first-order valence-corrected chi connectivity index (χ1v) is 7.32. The van der Waals surface area contributed by atoms with Gasteiger partial charge in [-0.05, 0) is 12.5 Å². The first-order valence-electron chi connectivity index (χ1n) is 7.32. The van der Waals surface area contributed by atoms with Crippen LogP contribution in [0.1, 0.15) is 36.5 Å². The molecule has 0 fully saturated rings. The summed E-state index contributed by atoms with van der Waals surface area (Å²) in [6.07, 6.45) is 0. The van der Waals surface area contributed by atoms with Gasteiger partial charge < -0.3 is 4.98 Å². The van der Waals surface area contributed by atoms with E-state index in [1.54, 1.807) is 0 Å². The predicted molar refractivity (Wildman–Crippen MR) is 83.2 cm³/mol. The van der Waals surface area contributed by atoms with Crippen molar-refractivity contribution < 1.29 is 0 Å². The molecule has 21 heavy (non-hydrogen) atoms. The minimum Gasteiger partial charge on any atom is -0.310 e. The lowest BCUT2D eigenvalue weighted by Crippen LogP contribution is -2.45. The molecule has 0 saturated heterocycles. The molecule has 0 bridgehead atoms. The van der Waals surface area contributed by atoms with Gasteiger partial charge in [-0.2, -0.15) is 0 Å². The third-order valence-corrected chi connectivity index (χ3v) is 4.02. The van der Waals surface area contributed by atoms with Gasteiger partial charge in [-0.1, -0.05) is 44.2 Å². The Kier molecular flexibility index (Phi) is 3.41. The van der Waals surface area contributed by atoms with Crippen molar-refractivity contribution in [2.75, 3.05) is 6.54 Å². The highest BCUT2D eigenvalue weighted by molar-refractivity contribution is 5.29. The summed E-state index contributed by atoms with van der Waals surface area (Å²) in [6, 6.07) is 10.4. The highest BCUT2D eigenvalue weighted by Crippen LogP contribution is 2.30. The number of hydrogen-bond donors (Lipinski definition) is 1. The van der Waals surface area contributed by atoms with Crippen LogP contribution in [0, 0.1) is 6.92 Å². The van der Waals surface area contributed by atoms with Crippen LogP contribution < -0.4 is 5.56 Å². The summed E-state index contributed by atoms with van der Waals surface area (Å²) in [5, 5.41) is 0. The van der Waals surface area contributed by atoms with E-state index < -0.39 is 0 Å². The molecule has 110 valence electrons. The number of aromatic amines is 1. The zero-order valence-corrected chi connectivity index (χ0v) is 12.8. The monoisotopic (exact) mass is 283 g/mol. The molecule has 1 aromatic heterocycles. The second-order valence-corrected chi connectivity index (χ2v) is 6.49. The molecule has 0 spiro atoms. The fourth-order valence-corrected chi connectivity index (χ4v) is 3.18. The van der Waals surface area contributed by atoms with Gasteiger partial charge in [0.1, 0.15) is 5.82 Å². The molecule has 0 atom stereocenters. The number of fused-ring (bicyclic) bond motifs is 1. The Labute approximate surface area is 124 Å². The minimum atomic E-state index is -0.110. The van der Waals surface area contributed by atoms with E-state index in [1.807, 2.05) is 13.0 Å². The Morgan fingerprint density at radius 2 is 2.00 bits per heavy atom.